The predicted molar refractivity (Wildman–Crippen MR) is 46.5 cm³/mol. The third-order valence-corrected chi connectivity index (χ3v) is 1.91. The van der Waals surface area contributed by atoms with Crippen molar-refractivity contribution in [3.05, 3.63) is 12.2 Å². The lowest BCUT2D eigenvalue weighted by Crippen LogP contribution is -2.19. The molecule has 0 radical (unpaired) electrons. The molecule has 1 rings (SSSR count). The summed E-state index contributed by atoms with van der Waals surface area (Å²) >= 11 is 0. The van der Waals surface area contributed by atoms with Gasteiger partial charge in [-0.25, -0.2) is 4.79 Å². The van der Waals surface area contributed by atoms with E-state index in [1.165, 1.54) is 18.9 Å². The van der Waals surface area contributed by atoms with Gasteiger partial charge in [-0.15, -0.1) is 0 Å². The summed E-state index contributed by atoms with van der Waals surface area (Å²) in [5, 5.41) is 0. The molecule has 0 aliphatic heterocycles. The molecule has 0 bridgehead atoms. The van der Waals surface area contributed by atoms with Crippen LogP contribution in [0.5, 0.6) is 0 Å². The van der Waals surface area contributed by atoms with Crippen LogP contribution in [0.15, 0.2) is 12.2 Å². The Labute approximate surface area is 72.6 Å². The maximum Gasteiger partial charge on any atom is 0.330 e. The van der Waals surface area contributed by atoms with Crippen LogP contribution in [0.1, 0.15) is 19.8 Å². The summed E-state index contributed by atoms with van der Waals surface area (Å²) in [6.07, 6.45) is 5.53. The molecule has 3 nitrogen and oxygen atoms in total. The number of esters is 1. The summed E-state index contributed by atoms with van der Waals surface area (Å²) in [7, 11) is 0. The van der Waals surface area contributed by atoms with E-state index < -0.39 is 0 Å². The van der Waals surface area contributed by atoms with E-state index >= 15 is 0 Å². The van der Waals surface area contributed by atoms with E-state index in [2.05, 4.69) is 0 Å². The van der Waals surface area contributed by atoms with Crippen LogP contribution in [0.4, 0.5) is 0 Å². The first-order chi connectivity index (χ1) is 5.74. The second kappa shape index (κ2) is 4.26. The molecule has 0 aromatic carbocycles. The molecule has 3 heteroatoms. The van der Waals surface area contributed by atoms with Crippen molar-refractivity contribution in [1.82, 2.24) is 0 Å². The molecule has 0 saturated heterocycles. The second-order valence-electron chi connectivity index (χ2n) is 3.03. The number of hydrogen-bond acceptors (Lipinski definition) is 3. The van der Waals surface area contributed by atoms with E-state index in [0.717, 1.165) is 0 Å². The van der Waals surface area contributed by atoms with Gasteiger partial charge in [0.25, 0.3) is 0 Å². The van der Waals surface area contributed by atoms with Crippen molar-refractivity contribution in [2.45, 2.75) is 25.8 Å². The third-order valence-electron chi connectivity index (χ3n) is 1.91. The average molecular weight is 169 g/mol. The van der Waals surface area contributed by atoms with E-state index in [-0.39, 0.29) is 12.0 Å². The van der Waals surface area contributed by atoms with Gasteiger partial charge in [0.2, 0.25) is 0 Å². The smallest absolute Gasteiger partial charge is 0.330 e. The SMILES string of the molecule is CCOC(=O)/C=C/C(N)C1CC1. The highest BCUT2D eigenvalue weighted by atomic mass is 16.5. The van der Waals surface area contributed by atoms with Gasteiger partial charge >= 0.3 is 5.97 Å². The van der Waals surface area contributed by atoms with Crippen molar-refractivity contribution >= 4 is 5.97 Å². The molecular formula is C9H15NO2. The fourth-order valence-electron chi connectivity index (χ4n) is 1.02. The van der Waals surface area contributed by atoms with E-state index in [4.69, 9.17) is 10.5 Å². The van der Waals surface area contributed by atoms with Crippen LogP contribution in [0.3, 0.4) is 0 Å². The van der Waals surface area contributed by atoms with Gasteiger partial charge in [-0.2, -0.15) is 0 Å². The van der Waals surface area contributed by atoms with Gasteiger partial charge in [0, 0.05) is 12.1 Å². The molecule has 1 atom stereocenters. The number of ether oxygens (including phenoxy) is 1. The van der Waals surface area contributed by atoms with E-state index in [1.54, 1.807) is 13.0 Å². The summed E-state index contributed by atoms with van der Waals surface area (Å²) in [6.45, 7) is 2.20. The molecule has 1 aliphatic rings. The monoisotopic (exact) mass is 169 g/mol. The number of nitrogens with two attached hydrogens (primary N) is 1. The zero-order valence-electron chi connectivity index (χ0n) is 7.32. The van der Waals surface area contributed by atoms with Gasteiger partial charge in [0.15, 0.2) is 0 Å². The topological polar surface area (TPSA) is 52.3 Å². The van der Waals surface area contributed by atoms with E-state index in [9.17, 15) is 4.79 Å². The van der Waals surface area contributed by atoms with Crippen molar-refractivity contribution < 1.29 is 9.53 Å². The summed E-state index contributed by atoms with van der Waals surface area (Å²) in [6, 6.07) is 0.0365. The Morgan fingerprint density at radius 2 is 2.42 bits per heavy atom. The summed E-state index contributed by atoms with van der Waals surface area (Å²) in [5.41, 5.74) is 5.73. The van der Waals surface area contributed by atoms with Gasteiger partial charge in [-0.1, -0.05) is 6.08 Å². The molecule has 1 saturated carbocycles. The summed E-state index contributed by atoms with van der Waals surface area (Å²) in [4.78, 5) is 10.8. The van der Waals surface area contributed by atoms with Crippen LogP contribution in [0.2, 0.25) is 0 Å². The highest BCUT2D eigenvalue weighted by molar-refractivity contribution is 5.81. The van der Waals surface area contributed by atoms with Crippen LogP contribution in [-0.4, -0.2) is 18.6 Å². The Morgan fingerprint density at radius 1 is 1.75 bits per heavy atom. The second-order valence-corrected chi connectivity index (χ2v) is 3.03. The number of carbonyl (C=O) groups excluding carboxylic acids is 1. The fraction of sp³-hybridized carbons (Fsp3) is 0.667. The minimum atomic E-state index is -0.298. The lowest BCUT2D eigenvalue weighted by Gasteiger charge is -2.01. The van der Waals surface area contributed by atoms with Crippen LogP contribution < -0.4 is 5.73 Å². The molecule has 2 N–H and O–H groups in total. The fourth-order valence-corrected chi connectivity index (χ4v) is 1.02. The molecule has 1 fully saturated rings. The number of carbonyl (C=O) groups is 1. The van der Waals surface area contributed by atoms with Crippen LogP contribution >= 0.6 is 0 Å². The molecule has 0 heterocycles. The predicted octanol–water partition coefficient (Wildman–Crippen LogP) is 0.843. The molecule has 0 aromatic rings. The Balaban J connectivity index is 2.22. The Morgan fingerprint density at radius 3 is 2.92 bits per heavy atom. The largest absolute Gasteiger partial charge is 0.463 e. The quantitative estimate of drug-likeness (QED) is 0.501. The van der Waals surface area contributed by atoms with Gasteiger partial charge in [0.05, 0.1) is 6.61 Å². The lowest BCUT2D eigenvalue weighted by atomic mass is 10.2. The molecule has 1 aliphatic carbocycles. The van der Waals surface area contributed by atoms with Crippen molar-refractivity contribution in [2.75, 3.05) is 6.61 Å². The first-order valence-electron chi connectivity index (χ1n) is 4.34. The standard InChI is InChI=1S/C9H15NO2/c1-2-12-9(11)6-5-8(10)7-3-4-7/h5-8H,2-4,10H2,1H3/b6-5+. The zero-order chi connectivity index (χ0) is 8.97. The van der Waals surface area contributed by atoms with E-state index in [1.807, 2.05) is 0 Å². The van der Waals surface area contributed by atoms with Crippen molar-refractivity contribution in [1.29, 1.82) is 0 Å². The Hall–Kier alpha value is -0.830. The minimum absolute atomic E-state index is 0.0365. The molecule has 0 spiro atoms. The van der Waals surface area contributed by atoms with Crippen LogP contribution in [0.25, 0.3) is 0 Å². The molecule has 12 heavy (non-hydrogen) atoms. The van der Waals surface area contributed by atoms with Gasteiger partial charge in [-0.05, 0) is 25.7 Å². The lowest BCUT2D eigenvalue weighted by molar-refractivity contribution is -0.137. The normalized spacial score (nSPS) is 19.5. The van der Waals surface area contributed by atoms with Crippen molar-refractivity contribution in [2.24, 2.45) is 11.7 Å². The maximum atomic E-state index is 10.8. The van der Waals surface area contributed by atoms with Crippen molar-refractivity contribution in [3.8, 4) is 0 Å². The minimum Gasteiger partial charge on any atom is -0.463 e. The summed E-state index contributed by atoms with van der Waals surface area (Å²) in [5.74, 6) is 0.296. The maximum absolute atomic E-state index is 10.8. The van der Waals surface area contributed by atoms with E-state index in [0.29, 0.717) is 12.5 Å². The highest BCUT2D eigenvalue weighted by Crippen LogP contribution is 2.31. The molecule has 0 aromatic heterocycles. The highest BCUT2D eigenvalue weighted by Gasteiger charge is 2.26. The average Bonchev–Trinajstić information content (AvgIpc) is 2.83. The molecule has 68 valence electrons. The molecule has 1 unspecified atom stereocenters. The van der Waals surface area contributed by atoms with Gasteiger partial charge in [-0.3, -0.25) is 0 Å². The number of hydrogen-bond donors (Lipinski definition) is 1. The Kier molecular flexibility index (Phi) is 3.29. The van der Waals surface area contributed by atoms with Gasteiger partial charge in [0.1, 0.15) is 0 Å². The summed E-state index contributed by atoms with van der Waals surface area (Å²) < 4.78 is 4.71. The van der Waals surface area contributed by atoms with Crippen molar-refractivity contribution in [3.63, 3.8) is 0 Å². The zero-order valence-corrected chi connectivity index (χ0v) is 7.32. The first-order valence-corrected chi connectivity index (χ1v) is 4.34. The first kappa shape index (κ1) is 9.26. The number of rotatable bonds is 4. The molecule has 0 amide bonds. The Bertz CT molecular complexity index is 185. The van der Waals surface area contributed by atoms with Gasteiger partial charge < -0.3 is 10.5 Å². The van der Waals surface area contributed by atoms with Crippen LogP contribution in [0, 0.1) is 5.92 Å². The van der Waals surface area contributed by atoms with Crippen LogP contribution in [-0.2, 0) is 9.53 Å². The third kappa shape index (κ3) is 3.05. The molecular weight excluding hydrogens is 154 g/mol.